The van der Waals surface area contributed by atoms with E-state index >= 15 is 0 Å². The molecule has 0 aliphatic carbocycles. The maximum Gasteiger partial charge on any atom is 0.498 e. The molecule has 1 aromatic rings. The minimum absolute atomic E-state index is 0.0704. The van der Waals surface area contributed by atoms with Crippen LogP contribution in [-0.2, 0) is 28.4 Å². The monoisotopic (exact) mass is 351 g/mol. The van der Waals surface area contributed by atoms with Gasteiger partial charge in [0.15, 0.2) is 0 Å². The van der Waals surface area contributed by atoms with Crippen LogP contribution in [0.5, 0.6) is 0 Å². The summed E-state index contributed by atoms with van der Waals surface area (Å²) in [4.78, 5) is 31.5. The predicted octanol–water partition coefficient (Wildman–Crippen LogP) is -0.0977. The van der Waals surface area contributed by atoms with E-state index in [9.17, 15) is 9.59 Å². The smallest absolute Gasteiger partial charge is 0.467 e. The number of ether oxygens (including phenoxy) is 2. The van der Waals surface area contributed by atoms with Gasteiger partial charge in [0.05, 0.1) is 25.4 Å². The summed E-state index contributed by atoms with van der Waals surface area (Å²) in [6.45, 7) is 7.78. The van der Waals surface area contributed by atoms with Crippen LogP contribution < -0.4 is 10.8 Å². The molecule has 10 heteroatoms. The van der Waals surface area contributed by atoms with E-state index in [-0.39, 0.29) is 5.95 Å². The highest BCUT2D eigenvalue weighted by atomic mass is 16.7. The van der Waals surface area contributed by atoms with E-state index in [1.807, 2.05) is 27.7 Å². The second-order valence-corrected chi connectivity index (χ2v) is 6.55. The molecule has 0 bridgehead atoms. The van der Waals surface area contributed by atoms with Gasteiger partial charge in [-0.2, -0.15) is 0 Å². The lowest BCUT2D eigenvalue weighted by atomic mass is 9.81. The van der Waals surface area contributed by atoms with Crippen LogP contribution in [0, 0.1) is 0 Å². The Bertz CT molecular complexity index is 617. The molecule has 1 N–H and O–H groups in total. The fraction of sp³-hybridized carbons (Fsp3) is 0.600. The summed E-state index contributed by atoms with van der Waals surface area (Å²) in [5, 5.41) is 2.58. The first kappa shape index (κ1) is 19.1. The Balaban J connectivity index is 2.12. The Hall–Kier alpha value is -2.20. The van der Waals surface area contributed by atoms with Crippen molar-refractivity contribution in [1.82, 2.24) is 9.97 Å². The number of methoxy groups -OCH3 is 2. The number of aromatic nitrogens is 2. The zero-order chi connectivity index (χ0) is 18.8. The number of nitrogens with zero attached hydrogens (tertiary/aromatic N) is 2. The molecule has 1 fully saturated rings. The lowest BCUT2D eigenvalue weighted by Gasteiger charge is -2.32. The third-order valence-corrected chi connectivity index (χ3v) is 4.34. The molecule has 0 unspecified atom stereocenters. The molecule has 0 spiro atoms. The van der Waals surface area contributed by atoms with Gasteiger partial charge in [0.2, 0.25) is 12.0 Å². The zero-order valence-electron chi connectivity index (χ0n) is 15.2. The summed E-state index contributed by atoms with van der Waals surface area (Å²) in [5.41, 5.74) is -0.331. The van der Waals surface area contributed by atoms with Gasteiger partial charge in [0, 0.05) is 17.9 Å². The maximum absolute atomic E-state index is 11.7. The van der Waals surface area contributed by atoms with Crippen LogP contribution in [0.1, 0.15) is 27.7 Å². The molecule has 0 atom stereocenters. The van der Waals surface area contributed by atoms with Gasteiger partial charge in [-0.1, -0.05) is 0 Å². The molecule has 1 saturated heterocycles. The first-order chi connectivity index (χ1) is 11.6. The quantitative estimate of drug-likeness (QED) is 0.442. The third-order valence-electron chi connectivity index (χ3n) is 4.34. The molecule has 2 rings (SSSR count). The third kappa shape index (κ3) is 3.90. The van der Waals surface area contributed by atoms with Crippen LogP contribution in [-0.4, -0.2) is 60.5 Å². The molecule has 1 aromatic heterocycles. The lowest BCUT2D eigenvalue weighted by molar-refractivity contribution is -0.152. The highest BCUT2D eigenvalue weighted by molar-refractivity contribution is 6.61. The lowest BCUT2D eigenvalue weighted by Crippen LogP contribution is -2.41. The van der Waals surface area contributed by atoms with Crippen molar-refractivity contribution in [2.24, 2.45) is 0 Å². The molecule has 0 saturated carbocycles. The molecule has 136 valence electrons. The normalized spacial score (nSPS) is 18.1. The zero-order valence-corrected chi connectivity index (χ0v) is 15.2. The largest absolute Gasteiger partial charge is 0.498 e. The van der Waals surface area contributed by atoms with Crippen molar-refractivity contribution in [3.63, 3.8) is 0 Å². The van der Waals surface area contributed by atoms with Crippen LogP contribution in [0.4, 0.5) is 5.95 Å². The molecule has 1 aliphatic rings. The van der Waals surface area contributed by atoms with Gasteiger partial charge in [-0.05, 0) is 27.7 Å². The second-order valence-electron chi connectivity index (χ2n) is 6.55. The van der Waals surface area contributed by atoms with Crippen LogP contribution in [0.15, 0.2) is 12.4 Å². The Morgan fingerprint density at radius 2 is 1.48 bits per heavy atom. The first-order valence-electron chi connectivity index (χ1n) is 7.71. The summed E-state index contributed by atoms with van der Waals surface area (Å²) < 4.78 is 20.9. The average Bonchev–Trinajstić information content (AvgIpc) is 2.79. The molecular formula is C15H22BN3O6. The van der Waals surface area contributed by atoms with Crippen LogP contribution in [0.2, 0.25) is 0 Å². The number of hydrogen-bond donors (Lipinski definition) is 1. The standard InChI is InChI=1S/C15H22BN3O6/c1-14(2)15(3,4)25-16(24-14)9-7-17-13(18-8-9)19-10(11(20)22-5)12(21)23-6/h7-8,10H,1-6H3,(H,17,18,19). The summed E-state index contributed by atoms with van der Waals surface area (Å²) in [6, 6.07) is -1.35. The van der Waals surface area contributed by atoms with Crippen molar-refractivity contribution in [3.05, 3.63) is 12.4 Å². The van der Waals surface area contributed by atoms with Crippen LogP contribution >= 0.6 is 0 Å². The number of carbonyl (C=O) groups excluding carboxylic acids is 2. The van der Waals surface area contributed by atoms with E-state index in [1.165, 1.54) is 26.6 Å². The summed E-state index contributed by atoms with van der Waals surface area (Å²) >= 11 is 0. The van der Waals surface area contributed by atoms with Crippen LogP contribution in [0.3, 0.4) is 0 Å². The topological polar surface area (TPSA) is 109 Å². The Labute approximate surface area is 146 Å². The molecular weight excluding hydrogens is 329 g/mol. The molecule has 0 amide bonds. The van der Waals surface area contributed by atoms with E-state index < -0.39 is 36.3 Å². The minimum atomic E-state index is -1.35. The fourth-order valence-corrected chi connectivity index (χ4v) is 2.09. The maximum atomic E-state index is 11.7. The molecule has 0 aromatic carbocycles. The molecule has 2 heterocycles. The minimum Gasteiger partial charge on any atom is -0.467 e. The van der Waals surface area contributed by atoms with Gasteiger partial charge >= 0.3 is 19.1 Å². The number of anilines is 1. The molecule has 9 nitrogen and oxygen atoms in total. The van der Waals surface area contributed by atoms with Crippen molar-refractivity contribution < 1.29 is 28.4 Å². The summed E-state index contributed by atoms with van der Waals surface area (Å²) in [7, 11) is 1.74. The number of rotatable bonds is 5. The number of hydrogen-bond acceptors (Lipinski definition) is 9. The van der Waals surface area contributed by atoms with E-state index in [2.05, 4.69) is 24.8 Å². The van der Waals surface area contributed by atoms with Gasteiger partial charge in [-0.3, -0.25) is 0 Å². The average molecular weight is 351 g/mol. The number of esters is 2. The Morgan fingerprint density at radius 1 is 1.04 bits per heavy atom. The molecule has 25 heavy (non-hydrogen) atoms. The second kappa shape index (κ2) is 6.97. The predicted molar refractivity (Wildman–Crippen MR) is 89.2 cm³/mol. The molecule has 0 radical (unpaired) electrons. The van der Waals surface area contributed by atoms with E-state index in [1.54, 1.807) is 0 Å². The number of nitrogens with one attached hydrogen (secondary N) is 1. The van der Waals surface area contributed by atoms with E-state index in [0.29, 0.717) is 5.46 Å². The van der Waals surface area contributed by atoms with Crippen molar-refractivity contribution in [2.75, 3.05) is 19.5 Å². The highest BCUT2D eigenvalue weighted by Gasteiger charge is 2.52. The SMILES string of the molecule is COC(=O)C(Nc1ncc(B2OC(C)(C)C(C)(C)O2)cn1)C(=O)OC. The molecule has 1 aliphatic heterocycles. The van der Waals surface area contributed by atoms with Crippen molar-refractivity contribution in [2.45, 2.75) is 44.9 Å². The van der Waals surface area contributed by atoms with Gasteiger partial charge in [0.25, 0.3) is 0 Å². The van der Waals surface area contributed by atoms with Crippen LogP contribution in [0.25, 0.3) is 0 Å². The van der Waals surface area contributed by atoms with E-state index in [0.717, 1.165) is 0 Å². The van der Waals surface area contributed by atoms with Gasteiger partial charge in [0.1, 0.15) is 0 Å². The van der Waals surface area contributed by atoms with E-state index in [4.69, 9.17) is 9.31 Å². The van der Waals surface area contributed by atoms with Crippen molar-refractivity contribution >= 4 is 30.5 Å². The summed E-state index contributed by atoms with van der Waals surface area (Å²) in [6.07, 6.45) is 3.01. The first-order valence-corrected chi connectivity index (χ1v) is 7.71. The van der Waals surface area contributed by atoms with Gasteiger partial charge in [-0.15, -0.1) is 0 Å². The highest BCUT2D eigenvalue weighted by Crippen LogP contribution is 2.36. The Kier molecular flexibility index (Phi) is 5.33. The number of carbonyl (C=O) groups is 2. The van der Waals surface area contributed by atoms with Gasteiger partial charge < -0.3 is 24.1 Å². The Morgan fingerprint density at radius 3 is 1.88 bits per heavy atom. The summed E-state index contributed by atoms with van der Waals surface area (Å²) in [5.74, 6) is -1.53. The van der Waals surface area contributed by atoms with Gasteiger partial charge in [-0.25, -0.2) is 19.6 Å². The van der Waals surface area contributed by atoms with Crippen molar-refractivity contribution in [3.8, 4) is 0 Å². The van der Waals surface area contributed by atoms with Crippen molar-refractivity contribution in [1.29, 1.82) is 0 Å². The fourth-order valence-electron chi connectivity index (χ4n) is 2.09.